The summed E-state index contributed by atoms with van der Waals surface area (Å²) < 4.78 is 18.1. The number of ether oxygens (including phenoxy) is 1. The van der Waals surface area contributed by atoms with E-state index < -0.39 is 0 Å². The average molecular weight is 311 g/mol. The van der Waals surface area contributed by atoms with Crippen molar-refractivity contribution in [3.8, 4) is 0 Å². The van der Waals surface area contributed by atoms with Gasteiger partial charge in [0, 0.05) is 19.8 Å². The second kappa shape index (κ2) is 10.2. The molecule has 1 rings (SSSR count). The van der Waals surface area contributed by atoms with Gasteiger partial charge in [0.15, 0.2) is 5.11 Å². The highest BCUT2D eigenvalue weighted by Gasteiger charge is 2.02. The molecule has 21 heavy (non-hydrogen) atoms. The summed E-state index contributed by atoms with van der Waals surface area (Å²) in [5.74, 6) is -0.256. The lowest BCUT2D eigenvalue weighted by atomic mass is 10.1. The van der Waals surface area contributed by atoms with Gasteiger partial charge in [-0.05, 0) is 49.7 Å². The zero-order valence-electron chi connectivity index (χ0n) is 12.5. The van der Waals surface area contributed by atoms with Crippen LogP contribution in [0.4, 0.5) is 4.39 Å². The highest BCUT2D eigenvalue weighted by molar-refractivity contribution is 7.80. The molecule has 0 aliphatic rings. The maximum absolute atomic E-state index is 12.9. The maximum atomic E-state index is 12.9. The molecule has 116 valence electrons. The van der Waals surface area contributed by atoms with E-state index in [2.05, 4.69) is 15.8 Å². The summed E-state index contributed by atoms with van der Waals surface area (Å²) in [6.07, 6.45) is 1.61. The lowest BCUT2D eigenvalue weighted by Crippen LogP contribution is -2.33. The fraction of sp³-hybridized carbons (Fsp3) is 0.467. The smallest absolute Gasteiger partial charge is 0.186 e. The van der Waals surface area contributed by atoms with Gasteiger partial charge in [-0.15, -0.1) is 0 Å². The van der Waals surface area contributed by atoms with Crippen LogP contribution in [0.15, 0.2) is 29.4 Å². The van der Waals surface area contributed by atoms with E-state index in [0.29, 0.717) is 11.7 Å². The SMILES string of the molecule is CCOCCCNC(=S)N/N=C(/CC)c1ccc(F)cc1. The van der Waals surface area contributed by atoms with E-state index in [9.17, 15) is 4.39 Å². The third-order valence-electron chi connectivity index (χ3n) is 2.76. The quantitative estimate of drug-likeness (QED) is 0.335. The molecule has 1 aromatic carbocycles. The Morgan fingerprint density at radius 1 is 1.29 bits per heavy atom. The normalized spacial score (nSPS) is 11.3. The number of thiocarbonyl (C=S) groups is 1. The van der Waals surface area contributed by atoms with E-state index in [1.807, 2.05) is 13.8 Å². The van der Waals surface area contributed by atoms with Crippen molar-refractivity contribution in [1.82, 2.24) is 10.7 Å². The van der Waals surface area contributed by atoms with Crippen molar-refractivity contribution in [1.29, 1.82) is 0 Å². The Morgan fingerprint density at radius 2 is 2.00 bits per heavy atom. The van der Waals surface area contributed by atoms with E-state index in [4.69, 9.17) is 17.0 Å². The third kappa shape index (κ3) is 7.15. The Kier molecular flexibility index (Phi) is 8.54. The van der Waals surface area contributed by atoms with Crippen molar-refractivity contribution in [2.24, 2.45) is 5.10 Å². The second-order valence-corrected chi connectivity index (χ2v) is 4.75. The topological polar surface area (TPSA) is 45.6 Å². The minimum absolute atomic E-state index is 0.256. The third-order valence-corrected chi connectivity index (χ3v) is 3.00. The van der Waals surface area contributed by atoms with Crippen LogP contribution < -0.4 is 10.7 Å². The summed E-state index contributed by atoms with van der Waals surface area (Å²) in [5.41, 5.74) is 4.52. The molecule has 0 saturated heterocycles. The monoisotopic (exact) mass is 311 g/mol. The molecule has 0 aliphatic heterocycles. The van der Waals surface area contributed by atoms with Gasteiger partial charge in [0.05, 0.1) is 5.71 Å². The van der Waals surface area contributed by atoms with E-state index in [-0.39, 0.29) is 5.82 Å². The van der Waals surface area contributed by atoms with E-state index >= 15 is 0 Å². The highest BCUT2D eigenvalue weighted by Crippen LogP contribution is 2.06. The molecule has 0 radical (unpaired) electrons. The van der Waals surface area contributed by atoms with Crippen molar-refractivity contribution < 1.29 is 9.13 Å². The Morgan fingerprint density at radius 3 is 2.62 bits per heavy atom. The maximum Gasteiger partial charge on any atom is 0.186 e. The van der Waals surface area contributed by atoms with Gasteiger partial charge in [-0.3, -0.25) is 5.43 Å². The lowest BCUT2D eigenvalue weighted by molar-refractivity contribution is 0.145. The predicted octanol–water partition coefficient (Wildman–Crippen LogP) is 2.83. The van der Waals surface area contributed by atoms with Crippen LogP contribution in [-0.2, 0) is 4.74 Å². The summed E-state index contributed by atoms with van der Waals surface area (Å²) in [5, 5.41) is 7.79. The molecule has 0 atom stereocenters. The predicted molar refractivity (Wildman–Crippen MR) is 88.1 cm³/mol. The number of benzene rings is 1. The first-order valence-electron chi connectivity index (χ1n) is 7.11. The van der Waals surface area contributed by atoms with Gasteiger partial charge in [0.2, 0.25) is 0 Å². The van der Waals surface area contributed by atoms with Gasteiger partial charge >= 0.3 is 0 Å². The van der Waals surface area contributed by atoms with Crippen LogP contribution >= 0.6 is 12.2 Å². The van der Waals surface area contributed by atoms with Crippen molar-refractivity contribution in [2.75, 3.05) is 19.8 Å². The summed E-state index contributed by atoms with van der Waals surface area (Å²) in [7, 11) is 0. The Balaban J connectivity index is 2.41. The molecule has 1 aromatic rings. The first-order valence-corrected chi connectivity index (χ1v) is 7.52. The van der Waals surface area contributed by atoms with Crippen LogP contribution in [0.1, 0.15) is 32.3 Å². The van der Waals surface area contributed by atoms with Gasteiger partial charge in [0.1, 0.15) is 5.82 Å². The first-order chi connectivity index (χ1) is 10.2. The van der Waals surface area contributed by atoms with Gasteiger partial charge in [-0.2, -0.15) is 5.10 Å². The standard InChI is InChI=1S/C15H22FN3OS/c1-3-14(12-6-8-13(16)9-7-12)18-19-15(21)17-10-5-11-20-4-2/h6-9H,3-5,10-11H2,1-2H3,(H2,17,19,21)/b18-14-. The number of hydrogen-bond donors (Lipinski definition) is 2. The molecule has 6 heteroatoms. The van der Waals surface area contributed by atoms with Crippen molar-refractivity contribution in [3.63, 3.8) is 0 Å². The van der Waals surface area contributed by atoms with Gasteiger partial charge in [-0.25, -0.2) is 4.39 Å². The Bertz CT molecular complexity index is 462. The molecule has 0 amide bonds. The molecule has 0 heterocycles. The van der Waals surface area contributed by atoms with Crippen molar-refractivity contribution in [3.05, 3.63) is 35.6 Å². The van der Waals surface area contributed by atoms with E-state index in [1.165, 1.54) is 12.1 Å². The summed E-state index contributed by atoms with van der Waals surface area (Å²) in [6, 6.07) is 6.26. The Labute approximate surface area is 130 Å². The van der Waals surface area contributed by atoms with Crippen molar-refractivity contribution in [2.45, 2.75) is 26.7 Å². The molecule has 2 N–H and O–H groups in total. The van der Waals surface area contributed by atoms with Crippen LogP contribution in [0.5, 0.6) is 0 Å². The average Bonchev–Trinajstić information content (AvgIpc) is 2.49. The van der Waals surface area contributed by atoms with Gasteiger partial charge < -0.3 is 10.1 Å². The molecule has 0 spiro atoms. The van der Waals surface area contributed by atoms with E-state index in [0.717, 1.165) is 37.3 Å². The van der Waals surface area contributed by atoms with Gasteiger partial charge in [0.25, 0.3) is 0 Å². The molecule has 0 aromatic heterocycles. The van der Waals surface area contributed by atoms with Crippen LogP contribution in [0.3, 0.4) is 0 Å². The van der Waals surface area contributed by atoms with Crippen molar-refractivity contribution >= 4 is 23.0 Å². The molecule has 0 saturated carbocycles. The summed E-state index contributed by atoms with van der Waals surface area (Å²) >= 11 is 5.14. The molecule has 0 aliphatic carbocycles. The zero-order valence-corrected chi connectivity index (χ0v) is 13.3. The number of halogens is 1. The Hall–Kier alpha value is -1.53. The number of nitrogens with zero attached hydrogens (tertiary/aromatic N) is 1. The number of nitrogens with one attached hydrogen (secondary N) is 2. The minimum atomic E-state index is -0.256. The van der Waals surface area contributed by atoms with Crippen LogP contribution in [0.25, 0.3) is 0 Å². The highest BCUT2D eigenvalue weighted by atomic mass is 32.1. The molecule has 4 nitrogen and oxygen atoms in total. The summed E-state index contributed by atoms with van der Waals surface area (Å²) in [4.78, 5) is 0. The lowest BCUT2D eigenvalue weighted by Gasteiger charge is -2.09. The van der Waals surface area contributed by atoms with E-state index in [1.54, 1.807) is 12.1 Å². The number of hydrazone groups is 1. The fourth-order valence-electron chi connectivity index (χ4n) is 1.67. The molecular formula is C15H22FN3OS. The molecular weight excluding hydrogens is 289 g/mol. The largest absolute Gasteiger partial charge is 0.382 e. The molecule has 0 fully saturated rings. The first kappa shape index (κ1) is 17.5. The number of hydrogen-bond acceptors (Lipinski definition) is 3. The second-order valence-electron chi connectivity index (χ2n) is 4.34. The fourth-order valence-corrected chi connectivity index (χ4v) is 1.82. The zero-order chi connectivity index (χ0) is 15.5. The summed E-state index contributed by atoms with van der Waals surface area (Å²) in [6.45, 7) is 6.13. The van der Waals surface area contributed by atoms with Crippen LogP contribution in [0.2, 0.25) is 0 Å². The molecule has 0 bridgehead atoms. The van der Waals surface area contributed by atoms with Crippen LogP contribution in [0, 0.1) is 5.82 Å². The minimum Gasteiger partial charge on any atom is -0.382 e. The van der Waals surface area contributed by atoms with Crippen LogP contribution in [-0.4, -0.2) is 30.6 Å². The van der Waals surface area contributed by atoms with Gasteiger partial charge in [-0.1, -0.05) is 19.1 Å². The molecule has 0 unspecified atom stereocenters. The number of rotatable bonds is 8.